The van der Waals surface area contributed by atoms with Crippen molar-refractivity contribution >= 4 is 10.9 Å². The summed E-state index contributed by atoms with van der Waals surface area (Å²) in [6, 6.07) is 9.90. The Bertz CT molecular complexity index is 364. The third-order valence-corrected chi connectivity index (χ3v) is 1.68. The Morgan fingerprint density at radius 2 is 2.18 bits per heavy atom. The lowest BCUT2D eigenvalue weighted by molar-refractivity contribution is 0.177. The largest absolute Gasteiger partial charge is 0.416 e. The third kappa shape index (κ3) is 0.871. The van der Waals surface area contributed by atoms with Crippen molar-refractivity contribution in [3.8, 4) is 0 Å². The van der Waals surface area contributed by atoms with Crippen LogP contribution in [0.3, 0.4) is 0 Å². The van der Waals surface area contributed by atoms with Gasteiger partial charge in [0.05, 0.1) is 5.52 Å². The van der Waals surface area contributed by atoms with Crippen LogP contribution < -0.4 is 4.84 Å². The van der Waals surface area contributed by atoms with Gasteiger partial charge in [0.2, 0.25) is 0 Å². The van der Waals surface area contributed by atoms with Crippen molar-refractivity contribution in [2.45, 2.75) is 0 Å². The van der Waals surface area contributed by atoms with Crippen molar-refractivity contribution in [1.29, 1.82) is 0 Å². The van der Waals surface area contributed by atoms with Gasteiger partial charge in [0, 0.05) is 5.39 Å². The Labute approximate surface area is 65.0 Å². The summed E-state index contributed by atoms with van der Waals surface area (Å²) >= 11 is 0. The fourth-order valence-electron chi connectivity index (χ4n) is 1.14. The zero-order chi connectivity index (χ0) is 7.68. The van der Waals surface area contributed by atoms with Crippen LogP contribution in [-0.4, -0.2) is 11.8 Å². The van der Waals surface area contributed by atoms with Crippen LogP contribution in [0.25, 0.3) is 10.9 Å². The maximum atomic E-state index is 5.03. The topological polar surface area (TPSA) is 14.2 Å². The summed E-state index contributed by atoms with van der Waals surface area (Å²) < 4.78 is 1.62. The number of hydrogen-bond donors (Lipinski definition) is 0. The van der Waals surface area contributed by atoms with Crippen LogP contribution in [0.5, 0.6) is 0 Å². The molecular weight excluding hydrogens is 138 g/mol. The van der Waals surface area contributed by atoms with Gasteiger partial charge in [-0.05, 0) is 12.1 Å². The van der Waals surface area contributed by atoms with Crippen LogP contribution in [0.15, 0.2) is 30.3 Å². The number of nitrogens with zero attached hydrogens (tertiary/aromatic N) is 1. The van der Waals surface area contributed by atoms with Gasteiger partial charge in [-0.1, -0.05) is 18.2 Å². The van der Waals surface area contributed by atoms with Gasteiger partial charge in [-0.2, -0.15) is 4.73 Å². The SMILES string of the molecule is COn1[c]cc2ccccc21. The molecule has 1 aromatic heterocycles. The van der Waals surface area contributed by atoms with E-state index < -0.39 is 0 Å². The van der Waals surface area contributed by atoms with E-state index in [9.17, 15) is 0 Å². The predicted octanol–water partition coefficient (Wildman–Crippen LogP) is 1.50. The average Bonchev–Trinajstić information content (AvgIpc) is 2.47. The highest BCUT2D eigenvalue weighted by Gasteiger charge is 1.97. The zero-order valence-corrected chi connectivity index (χ0v) is 6.24. The number of hydrogen-bond acceptors (Lipinski definition) is 1. The fourth-order valence-corrected chi connectivity index (χ4v) is 1.14. The van der Waals surface area contributed by atoms with E-state index in [1.54, 1.807) is 11.8 Å². The van der Waals surface area contributed by atoms with Gasteiger partial charge in [-0.3, -0.25) is 0 Å². The molecule has 0 saturated carbocycles. The second-order valence-corrected chi connectivity index (χ2v) is 2.31. The second-order valence-electron chi connectivity index (χ2n) is 2.31. The van der Waals surface area contributed by atoms with Gasteiger partial charge >= 0.3 is 0 Å². The molecule has 1 heterocycles. The minimum atomic E-state index is 1.05. The average molecular weight is 146 g/mol. The monoisotopic (exact) mass is 146 g/mol. The molecular formula is C9H8NO. The molecule has 0 aliphatic carbocycles. The predicted molar refractivity (Wildman–Crippen MR) is 43.3 cm³/mol. The zero-order valence-electron chi connectivity index (χ0n) is 6.24. The molecule has 0 atom stereocenters. The molecule has 0 bridgehead atoms. The second kappa shape index (κ2) is 2.31. The van der Waals surface area contributed by atoms with E-state index >= 15 is 0 Å². The van der Waals surface area contributed by atoms with Crippen LogP contribution in [0.4, 0.5) is 0 Å². The molecule has 0 aliphatic rings. The summed E-state index contributed by atoms with van der Waals surface area (Å²) in [4.78, 5) is 5.03. The minimum Gasteiger partial charge on any atom is -0.416 e. The van der Waals surface area contributed by atoms with Crippen LogP contribution in [0.1, 0.15) is 0 Å². The number of aromatic nitrogens is 1. The first-order valence-electron chi connectivity index (χ1n) is 3.44. The highest BCUT2D eigenvalue weighted by molar-refractivity contribution is 5.79. The molecule has 2 heteroatoms. The molecule has 0 N–H and O–H groups in total. The highest BCUT2D eigenvalue weighted by Crippen LogP contribution is 2.12. The van der Waals surface area contributed by atoms with Crippen molar-refractivity contribution in [1.82, 2.24) is 4.73 Å². The first-order chi connectivity index (χ1) is 5.42. The standard InChI is InChI=1S/C9H8NO/c1-11-10-7-6-8-4-2-3-5-9(8)10/h2-6H,1H3. The summed E-state index contributed by atoms with van der Waals surface area (Å²) in [7, 11) is 1.63. The van der Waals surface area contributed by atoms with Crippen LogP contribution in [-0.2, 0) is 0 Å². The molecule has 0 spiro atoms. The summed E-state index contributed by atoms with van der Waals surface area (Å²) in [5.74, 6) is 0. The molecule has 2 nitrogen and oxygen atoms in total. The van der Waals surface area contributed by atoms with E-state index in [0.717, 1.165) is 10.9 Å². The maximum absolute atomic E-state index is 5.03. The lowest BCUT2D eigenvalue weighted by Crippen LogP contribution is -2.02. The molecule has 0 amide bonds. The molecule has 11 heavy (non-hydrogen) atoms. The van der Waals surface area contributed by atoms with E-state index in [0.29, 0.717) is 0 Å². The van der Waals surface area contributed by atoms with Crippen molar-refractivity contribution < 1.29 is 4.84 Å². The van der Waals surface area contributed by atoms with Crippen molar-refractivity contribution in [3.63, 3.8) is 0 Å². The summed E-state index contributed by atoms with van der Waals surface area (Å²) in [6.45, 7) is 0. The van der Waals surface area contributed by atoms with Gasteiger partial charge in [0.25, 0.3) is 0 Å². The van der Waals surface area contributed by atoms with Gasteiger partial charge in [0.15, 0.2) is 0 Å². The Hall–Kier alpha value is -1.44. The molecule has 0 fully saturated rings. The highest BCUT2D eigenvalue weighted by atomic mass is 16.6. The van der Waals surface area contributed by atoms with Gasteiger partial charge in [0.1, 0.15) is 13.3 Å². The summed E-state index contributed by atoms with van der Waals surface area (Å²) in [6.07, 6.45) is 2.96. The van der Waals surface area contributed by atoms with Crippen LogP contribution in [0.2, 0.25) is 0 Å². The number of para-hydroxylation sites is 1. The van der Waals surface area contributed by atoms with E-state index in [1.165, 1.54) is 0 Å². The molecule has 0 aliphatic heterocycles. The number of benzene rings is 1. The van der Waals surface area contributed by atoms with E-state index in [1.807, 2.05) is 30.3 Å². The van der Waals surface area contributed by atoms with Gasteiger partial charge in [-0.25, -0.2) is 0 Å². The van der Waals surface area contributed by atoms with Crippen molar-refractivity contribution in [3.05, 3.63) is 36.5 Å². The molecule has 1 radical (unpaired) electrons. The fraction of sp³-hybridized carbons (Fsp3) is 0.111. The van der Waals surface area contributed by atoms with Gasteiger partial charge < -0.3 is 4.84 Å². The number of fused-ring (bicyclic) bond motifs is 1. The smallest absolute Gasteiger partial charge is 0.108 e. The molecule has 1 aromatic carbocycles. The molecule has 55 valence electrons. The van der Waals surface area contributed by atoms with Gasteiger partial charge in [-0.15, -0.1) is 0 Å². The van der Waals surface area contributed by atoms with E-state index in [-0.39, 0.29) is 0 Å². The van der Waals surface area contributed by atoms with Crippen molar-refractivity contribution in [2.75, 3.05) is 7.11 Å². The lowest BCUT2D eigenvalue weighted by Gasteiger charge is -1.99. The first-order valence-corrected chi connectivity index (χ1v) is 3.44. The normalized spacial score (nSPS) is 10.3. The lowest BCUT2D eigenvalue weighted by atomic mass is 10.3. The Kier molecular flexibility index (Phi) is 1.32. The van der Waals surface area contributed by atoms with Crippen molar-refractivity contribution in [2.24, 2.45) is 0 Å². The molecule has 2 rings (SSSR count). The van der Waals surface area contributed by atoms with Crippen LogP contribution >= 0.6 is 0 Å². The number of rotatable bonds is 1. The Morgan fingerprint density at radius 1 is 1.36 bits per heavy atom. The maximum Gasteiger partial charge on any atom is 0.108 e. The summed E-state index contributed by atoms with van der Waals surface area (Å²) in [5.41, 5.74) is 1.05. The van der Waals surface area contributed by atoms with Crippen LogP contribution in [0, 0.1) is 6.20 Å². The molecule has 0 saturated heterocycles. The third-order valence-electron chi connectivity index (χ3n) is 1.68. The molecule has 0 unspecified atom stereocenters. The van der Waals surface area contributed by atoms with E-state index in [2.05, 4.69) is 6.20 Å². The summed E-state index contributed by atoms with van der Waals surface area (Å²) in [5, 5.41) is 1.15. The Balaban J connectivity index is 2.76. The quantitative estimate of drug-likeness (QED) is 0.594. The Morgan fingerprint density at radius 3 is 3.00 bits per heavy atom. The first kappa shape index (κ1) is 6.28. The molecule has 2 aromatic rings. The minimum absolute atomic E-state index is 1.05. The van der Waals surface area contributed by atoms with E-state index in [4.69, 9.17) is 4.84 Å².